The fraction of sp³-hybridized carbons (Fsp3) is 0.385. The number of hydrogen-bond acceptors (Lipinski definition) is 4. The SMILES string of the molecule is Cc1cc(Br)ccc1NC(=O)CNC(=O)CSCCO. The van der Waals surface area contributed by atoms with E-state index in [9.17, 15) is 9.59 Å². The van der Waals surface area contributed by atoms with Crippen molar-refractivity contribution in [2.75, 3.05) is 30.0 Å². The van der Waals surface area contributed by atoms with Crippen molar-refractivity contribution in [2.24, 2.45) is 0 Å². The lowest BCUT2D eigenvalue weighted by atomic mass is 10.2. The lowest BCUT2D eigenvalue weighted by molar-refractivity contribution is -0.122. The summed E-state index contributed by atoms with van der Waals surface area (Å²) in [7, 11) is 0. The average Bonchev–Trinajstić information content (AvgIpc) is 2.40. The molecular weight excluding hydrogens is 344 g/mol. The van der Waals surface area contributed by atoms with Crippen molar-refractivity contribution in [3.63, 3.8) is 0 Å². The highest BCUT2D eigenvalue weighted by Crippen LogP contribution is 2.19. The van der Waals surface area contributed by atoms with Crippen molar-refractivity contribution in [3.8, 4) is 0 Å². The maximum Gasteiger partial charge on any atom is 0.243 e. The summed E-state index contributed by atoms with van der Waals surface area (Å²) in [5.74, 6) is 0.269. The summed E-state index contributed by atoms with van der Waals surface area (Å²) in [5.41, 5.74) is 1.67. The Morgan fingerprint density at radius 1 is 1.35 bits per heavy atom. The molecule has 0 aliphatic carbocycles. The van der Waals surface area contributed by atoms with E-state index in [1.54, 1.807) is 6.07 Å². The summed E-state index contributed by atoms with van der Waals surface area (Å²) in [6.45, 7) is 1.87. The molecule has 7 heteroatoms. The molecule has 0 unspecified atom stereocenters. The minimum absolute atomic E-state index is 0.0429. The molecule has 0 aliphatic heterocycles. The molecule has 1 aromatic carbocycles. The van der Waals surface area contributed by atoms with Crippen molar-refractivity contribution in [3.05, 3.63) is 28.2 Å². The number of hydrogen-bond donors (Lipinski definition) is 3. The Balaban J connectivity index is 2.34. The van der Waals surface area contributed by atoms with E-state index in [0.29, 0.717) is 5.75 Å². The molecule has 0 fully saturated rings. The second kappa shape index (κ2) is 8.99. The van der Waals surface area contributed by atoms with Gasteiger partial charge in [0.2, 0.25) is 11.8 Å². The molecule has 0 radical (unpaired) electrons. The van der Waals surface area contributed by atoms with Gasteiger partial charge in [-0.25, -0.2) is 0 Å². The molecule has 0 aromatic heterocycles. The third kappa shape index (κ3) is 6.40. The molecule has 0 saturated carbocycles. The average molecular weight is 361 g/mol. The van der Waals surface area contributed by atoms with E-state index in [2.05, 4.69) is 26.6 Å². The van der Waals surface area contributed by atoms with Crippen LogP contribution >= 0.6 is 27.7 Å². The molecule has 0 heterocycles. The van der Waals surface area contributed by atoms with E-state index < -0.39 is 0 Å². The Morgan fingerprint density at radius 3 is 2.75 bits per heavy atom. The number of carbonyl (C=O) groups is 2. The highest BCUT2D eigenvalue weighted by atomic mass is 79.9. The lowest BCUT2D eigenvalue weighted by Gasteiger charge is -2.09. The van der Waals surface area contributed by atoms with E-state index >= 15 is 0 Å². The number of carbonyl (C=O) groups excluding carboxylic acids is 2. The van der Waals surface area contributed by atoms with Crippen molar-refractivity contribution in [1.82, 2.24) is 5.32 Å². The molecule has 2 amide bonds. The molecule has 0 saturated heterocycles. The Morgan fingerprint density at radius 2 is 2.10 bits per heavy atom. The number of halogens is 1. The number of amides is 2. The third-order valence-electron chi connectivity index (χ3n) is 2.38. The van der Waals surface area contributed by atoms with Crippen molar-refractivity contribution < 1.29 is 14.7 Å². The number of nitrogens with one attached hydrogen (secondary N) is 2. The number of aliphatic hydroxyl groups excluding tert-OH is 1. The monoisotopic (exact) mass is 360 g/mol. The number of thioether (sulfide) groups is 1. The minimum atomic E-state index is -0.268. The summed E-state index contributed by atoms with van der Waals surface area (Å²) in [5, 5.41) is 13.9. The quantitative estimate of drug-likeness (QED) is 0.644. The first kappa shape index (κ1) is 17.0. The van der Waals surface area contributed by atoms with Crippen LogP contribution in [0.2, 0.25) is 0 Å². The van der Waals surface area contributed by atoms with Crippen molar-refractivity contribution >= 4 is 45.2 Å². The first-order valence-corrected chi connectivity index (χ1v) is 7.99. The standard InChI is InChI=1S/C13H17BrN2O3S/c1-9-6-10(14)2-3-11(9)16-12(18)7-15-13(19)8-20-5-4-17/h2-3,6,17H,4-5,7-8H2,1H3,(H,15,19)(H,16,18). The maximum atomic E-state index is 11.7. The van der Waals surface area contributed by atoms with Crippen LogP contribution in [0.15, 0.2) is 22.7 Å². The zero-order valence-corrected chi connectivity index (χ0v) is 13.5. The molecule has 3 N–H and O–H groups in total. The fourth-order valence-electron chi connectivity index (χ4n) is 1.42. The second-order valence-corrected chi connectivity index (χ2v) is 6.08. The molecule has 0 bridgehead atoms. The van der Waals surface area contributed by atoms with Crippen LogP contribution in [-0.2, 0) is 9.59 Å². The number of aryl methyl sites for hydroxylation is 1. The summed E-state index contributed by atoms with van der Waals surface area (Å²) in [6.07, 6.45) is 0. The first-order valence-electron chi connectivity index (χ1n) is 6.04. The number of rotatable bonds is 7. The van der Waals surface area contributed by atoms with E-state index in [1.165, 1.54) is 11.8 Å². The van der Waals surface area contributed by atoms with Crippen LogP contribution in [0.1, 0.15) is 5.56 Å². The molecule has 0 spiro atoms. The van der Waals surface area contributed by atoms with Gasteiger partial charge in [0.05, 0.1) is 18.9 Å². The van der Waals surface area contributed by atoms with E-state index in [0.717, 1.165) is 15.7 Å². The lowest BCUT2D eigenvalue weighted by Crippen LogP contribution is -2.34. The largest absolute Gasteiger partial charge is 0.396 e. The van der Waals surface area contributed by atoms with Gasteiger partial charge in [-0.1, -0.05) is 15.9 Å². The normalized spacial score (nSPS) is 10.2. The molecule has 0 aliphatic rings. The molecular formula is C13H17BrN2O3S. The van der Waals surface area contributed by atoms with E-state index in [4.69, 9.17) is 5.11 Å². The summed E-state index contributed by atoms with van der Waals surface area (Å²) in [4.78, 5) is 23.1. The molecule has 1 aromatic rings. The van der Waals surface area contributed by atoms with Crippen LogP contribution in [-0.4, -0.2) is 41.6 Å². The van der Waals surface area contributed by atoms with Gasteiger partial charge in [-0.2, -0.15) is 0 Å². The summed E-state index contributed by atoms with van der Waals surface area (Å²) >= 11 is 4.67. The Hall–Kier alpha value is -1.05. The van der Waals surface area contributed by atoms with Gasteiger partial charge in [-0.15, -0.1) is 11.8 Å². The molecule has 110 valence electrons. The van der Waals surface area contributed by atoms with Gasteiger partial charge in [-0.05, 0) is 30.7 Å². The summed E-state index contributed by atoms with van der Waals surface area (Å²) < 4.78 is 0.946. The van der Waals surface area contributed by atoms with Crippen molar-refractivity contribution in [1.29, 1.82) is 0 Å². The zero-order valence-electron chi connectivity index (χ0n) is 11.1. The molecule has 5 nitrogen and oxygen atoms in total. The van der Waals surface area contributed by atoms with Gasteiger partial charge in [0.1, 0.15) is 0 Å². The second-order valence-electron chi connectivity index (χ2n) is 4.06. The van der Waals surface area contributed by atoms with Gasteiger partial charge >= 0.3 is 0 Å². The maximum absolute atomic E-state index is 11.7. The third-order valence-corrected chi connectivity index (χ3v) is 3.81. The highest BCUT2D eigenvalue weighted by molar-refractivity contribution is 9.10. The first-order chi connectivity index (χ1) is 9.52. The van der Waals surface area contributed by atoms with E-state index in [-0.39, 0.29) is 30.7 Å². The smallest absolute Gasteiger partial charge is 0.243 e. The van der Waals surface area contributed by atoms with Crippen LogP contribution in [0.25, 0.3) is 0 Å². The van der Waals surface area contributed by atoms with Crippen LogP contribution in [0, 0.1) is 6.92 Å². The Kier molecular flexibility index (Phi) is 7.64. The van der Waals surface area contributed by atoms with Gasteiger partial charge < -0.3 is 15.7 Å². The highest BCUT2D eigenvalue weighted by Gasteiger charge is 2.07. The predicted molar refractivity (Wildman–Crippen MR) is 84.9 cm³/mol. The predicted octanol–water partition coefficient (Wildman–Crippen LogP) is 1.54. The Labute approximate surface area is 130 Å². The van der Waals surface area contributed by atoms with Crippen molar-refractivity contribution in [2.45, 2.75) is 6.92 Å². The van der Waals surface area contributed by atoms with Gasteiger partial charge in [-0.3, -0.25) is 9.59 Å². The van der Waals surface area contributed by atoms with Crippen LogP contribution in [0.3, 0.4) is 0 Å². The van der Waals surface area contributed by atoms with Crippen LogP contribution < -0.4 is 10.6 Å². The summed E-state index contributed by atoms with van der Waals surface area (Å²) in [6, 6.07) is 5.54. The molecule has 1 rings (SSSR count). The van der Waals surface area contributed by atoms with Crippen LogP contribution in [0.5, 0.6) is 0 Å². The Bertz CT molecular complexity index is 483. The topological polar surface area (TPSA) is 78.4 Å². The van der Waals surface area contributed by atoms with Gasteiger partial charge in [0.25, 0.3) is 0 Å². The fourth-order valence-corrected chi connectivity index (χ4v) is 2.46. The number of benzene rings is 1. The molecule has 0 atom stereocenters. The molecule has 20 heavy (non-hydrogen) atoms. The zero-order chi connectivity index (χ0) is 15.0. The minimum Gasteiger partial charge on any atom is -0.396 e. The van der Waals surface area contributed by atoms with E-state index in [1.807, 2.05) is 19.1 Å². The van der Waals surface area contributed by atoms with Gasteiger partial charge in [0, 0.05) is 15.9 Å². The van der Waals surface area contributed by atoms with Gasteiger partial charge in [0.15, 0.2) is 0 Å². The van der Waals surface area contributed by atoms with Crippen LogP contribution in [0.4, 0.5) is 5.69 Å². The number of anilines is 1. The number of aliphatic hydroxyl groups is 1.